The molecule has 6 heteroatoms. The van der Waals surface area contributed by atoms with E-state index in [-0.39, 0.29) is 5.92 Å². The van der Waals surface area contributed by atoms with Crippen LogP contribution in [0.2, 0.25) is 0 Å². The van der Waals surface area contributed by atoms with Crippen molar-refractivity contribution in [2.45, 2.75) is 91.0 Å². The van der Waals surface area contributed by atoms with E-state index in [9.17, 15) is 9.59 Å². The second kappa shape index (κ2) is 12.5. The van der Waals surface area contributed by atoms with E-state index in [4.69, 9.17) is 0 Å². The summed E-state index contributed by atoms with van der Waals surface area (Å²) >= 11 is 0. The Morgan fingerprint density at radius 2 is 1.75 bits per heavy atom. The number of piperidine rings is 2. The van der Waals surface area contributed by atoms with Crippen LogP contribution in [-0.4, -0.2) is 64.0 Å². The fourth-order valence-corrected chi connectivity index (χ4v) is 5.10. The third kappa shape index (κ3) is 7.43. The lowest BCUT2D eigenvalue weighted by Gasteiger charge is -2.37. The maximum Gasteiger partial charge on any atom is 0.225 e. The van der Waals surface area contributed by atoms with Crippen LogP contribution in [0.4, 0.5) is 0 Å². The molecule has 32 heavy (non-hydrogen) atoms. The number of unbranched alkanes of at least 4 members (excludes halogenated alkanes) is 1. The Labute approximate surface area is 194 Å². The van der Waals surface area contributed by atoms with Gasteiger partial charge in [-0.3, -0.25) is 14.3 Å². The molecule has 2 aliphatic heterocycles. The average Bonchev–Trinajstić information content (AvgIpc) is 3.26. The van der Waals surface area contributed by atoms with E-state index in [1.807, 2.05) is 6.20 Å². The minimum Gasteiger partial charge on any atom is -0.342 e. The highest BCUT2D eigenvalue weighted by Crippen LogP contribution is 2.25. The first-order chi connectivity index (χ1) is 15.5. The number of amides is 1. The molecule has 2 aliphatic rings. The monoisotopic (exact) mass is 444 g/mol. The maximum absolute atomic E-state index is 13.1. The lowest BCUT2D eigenvalue weighted by atomic mass is 9.92. The average molecular weight is 445 g/mol. The fourth-order valence-electron chi connectivity index (χ4n) is 5.10. The Morgan fingerprint density at radius 3 is 2.38 bits per heavy atom. The number of rotatable bonds is 11. The van der Waals surface area contributed by atoms with E-state index in [1.165, 1.54) is 5.56 Å². The summed E-state index contributed by atoms with van der Waals surface area (Å²) in [5.74, 6) is 2.13. The van der Waals surface area contributed by atoms with E-state index >= 15 is 0 Å². The zero-order valence-corrected chi connectivity index (χ0v) is 20.6. The molecule has 2 fully saturated rings. The number of hydrogen-bond donors (Lipinski definition) is 0. The molecule has 0 saturated carbocycles. The van der Waals surface area contributed by atoms with Crippen molar-refractivity contribution in [2.75, 3.05) is 32.7 Å². The van der Waals surface area contributed by atoms with Gasteiger partial charge in [0.15, 0.2) is 0 Å². The molecule has 0 radical (unpaired) electrons. The number of likely N-dealkylation sites (tertiary alicyclic amines) is 2. The van der Waals surface area contributed by atoms with Gasteiger partial charge < -0.3 is 9.80 Å². The first-order valence-corrected chi connectivity index (χ1v) is 13.0. The number of Topliss-reactive ketones (excluding diaryl/α,β-unsaturated/α-hetero) is 1. The van der Waals surface area contributed by atoms with Crippen molar-refractivity contribution >= 4 is 11.7 Å². The fraction of sp³-hybridized carbons (Fsp3) is 0.808. The Morgan fingerprint density at radius 1 is 1.03 bits per heavy atom. The molecule has 1 aromatic heterocycles. The number of carbonyl (C=O) groups excluding carboxylic acids is 2. The van der Waals surface area contributed by atoms with Crippen molar-refractivity contribution < 1.29 is 9.59 Å². The summed E-state index contributed by atoms with van der Waals surface area (Å²) in [4.78, 5) is 29.3. The van der Waals surface area contributed by atoms with Crippen molar-refractivity contribution in [1.82, 2.24) is 19.6 Å². The molecule has 2 saturated heterocycles. The van der Waals surface area contributed by atoms with Crippen LogP contribution in [0.3, 0.4) is 0 Å². The minimum atomic E-state index is 0.202. The van der Waals surface area contributed by atoms with Crippen LogP contribution in [0.15, 0.2) is 12.4 Å². The summed E-state index contributed by atoms with van der Waals surface area (Å²) in [7, 11) is 0. The molecule has 0 unspecified atom stereocenters. The lowest BCUT2D eigenvalue weighted by Crippen LogP contribution is -2.46. The Hall–Kier alpha value is -1.69. The molecule has 0 N–H and O–H groups in total. The molecule has 3 heterocycles. The molecule has 180 valence electrons. The van der Waals surface area contributed by atoms with Gasteiger partial charge in [0, 0.05) is 44.6 Å². The highest BCUT2D eigenvalue weighted by Gasteiger charge is 2.31. The second-order valence-corrected chi connectivity index (χ2v) is 10.3. The third-order valence-electron chi connectivity index (χ3n) is 7.34. The summed E-state index contributed by atoms with van der Waals surface area (Å²) in [5.41, 5.74) is 1.30. The van der Waals surface area contributed by atoms with Gasteiger partial charge in [0.2, 0.25) is 5.91 Å². The number of ketones is 1. The highest BCUT2D eigenvalue weighted by molar-refractivity contribution is 5.79. The zero-order chi connectivity index (χ0) is 22.9. The van der Waals surface area contributed by atoms with Crippen LogP contribution >= 0.6 is 0 Å². The molecular weight excluding hydrogens is 400 g/mol. The van der Waals surface area contributed by atoms with Crippen molar-refractivity contribution in [3.63, 3.8) is 0 Å². The summed E-state index contributed by atoms with van der Waals surface area (Å²) in [6.07, 6.45) is 12.8. The van der Waals surface area contributed by atoms with Crippen LogP contribution in [0.5, 0.6) is 0 Å². The van der Waals surface area contributed by atoms with Crippen molar-refractivity contribution in [3.8, 4) is 0 Å². The summed E-state index contributed by atoms with van der Waals surface area (Å²) in [6, 6.07) is 0. The largest absolute Gasteiger partial charge is 0.342 e. The summed E-state index contributed by atoms with van der Waals surface area (Å²) < 4.78 is 2.09. The van der Waals surface area contributed by atoms with E-state index in [0.717, 1.165) is 97.1 Å². The van der Waals surface area contributed by atoms with Crippen molar-refractivity contribution in [2.24, 2.45) is 11.8 Å². The second-order valence-electron chi connectivity index (χ2n) is 10.3. The molecule has 0 spiro atoms. The van der Waals surface area contributed by atoms with Gasteiger partial charge in [0.05, 0.1) is 6.20 Å². The normalized spacial score (nSPS) is 19.1. The third-order valence-corrected chi connectivity index (χ3v) is 7.34. The van der Waals surface area contributed by atoms with Gasteiger partial charge in [-0.25, -0.2) is 0 Å². The lowest BCUT2D eigenvalue weighted by molar-refractivity contribution is -0.138. The molecule has 0 atom stereocenters. The topological polar surface area (TPSA) is 58.4 Å². The first kappa shape index (κ1) is 24.9. The molecule has 3 rings (SSSR count). The van der Waals surface area contributed by atoms with E-state index in [1.54, 1.807) is 0 Å². The molecular formula is C26H44N4O2. The molecule has 1 amide bonds. The molecule has 0 bridgehead atoms. The zero-order valence-electron chi connectivity index (χ0n) is 20.6. The van der Waals surface area contributed by atoms with Crippen LogP contribution in [0.25, 0.3) is 0 Å². The SMILES string of the molecule is CCCC(=O)CCCCN1CCC(C(=O)N2CCC(Cn3cc(C(C)C)cn3)CC2)CC1. The van der Waals surface area contributed by atoms with Gasteiger partial charge in [0.1, 0.15) is 5.78 Å². The predicted molar refractivity (Wildman–Crippen MR) is 129 cm³/mol. The first-order valence-electron chi connectivity index (χ1n) is 13.0. The number of aromatic nitrogens is 2. The molecule has 0 aliphatic carbocycles. The van der Waals surface area contributed by atoms with E-state index in [2.05, 4.69) is 46.5 Å². The van der Waals surface area contributed by atoms with E-state index in [0.29, 0.717) is 23.5 Å². The van der Waals surface area contributed by atoms with Crippen LogP contribution < -0.4 is 0 Å². The molecule has 0 aromatic carbocycles. The number of nitrogens with zero attached hydrogens (tertiary/aromatic N) is 4. The van der Waals surface area contributed by atoms with Gasteiger partial charge >= 0.3 is 0 Å². The summed E-state index contributed by atoms with van der Waals surface area (Å²) in [5, 5.41) is 4.52. The summed E-state index contributed by atoms with van der Waals surface area (Å²) in [6.45, 7) is 12.3. The predicted octanol–water partition coefficient (Wildman–Crippen LogP) is 4.50. The highest BCUT2D eigenvalue weighted by atomic mass is 16.2. The Balaban J connectivity index is 1.31. The van der Waals surface area contributed by atoms with Gasteiger partial charge in [-0.2, -0.15) is 5.10 Å². The van der Waals surface area contributed by atoms with Crippen molar-refractivity contribution in [1.29, 1.82) is 0 Å². The molecule has 1 aromatic rings. The van der Waals surface area contributed by atoms with Gasteiger partial charge in [0.25, 0.3) is 0 Å². The molecule has 6 nitrogen and oxygen atoms in total. The Kier molecular flexibility index (Phi) is 9.76. The quantitative estimate of drug-likeness (QED) is 0.472. The Bertz CT molecular complexity index is 713. The van der Waals surface area contributed by atoms with Gasteiger partial charge in [-0.05, 0) is 82.0 Å². The van der Waals surface area contributed by atoms with Gasteiger partial charge in [-0.1, -0.05) is 20.8 Å². The van der Waals surface area contributed by atoms with Crippen LogP contribution in [0, 0.1) is 11.8 Å². The standard InChI is InChI=1S/C26H44N4O2/c1-4-7-25(31)8-5-6-13-28-14-11-23(12-15-28)26(32)29-16-9-22(10-17-29)19-30-20-24(18-27-30)21(2)3/h18,20-23H,4-17,19H2,1-3H3. The number of hydrogen-bond acceptors (Lipinski definition) is 4. The number of carbonyl (C=O) groups is 2. The van der Waals surface area contributed by atoms with Crippen molar-refractivity contribution in [3.05, 3.63) is 18.0 Å². The minimum absolute atomic E-state index is 0.202. The van der Waals surface area contributed by atoms with Gasteiger partial charge in [-0.15, -0.1) is 0 Å². The van der Waals surface area contributed by atoms with Crippen LogP contribution in [-0.2, 0) is 16.1 Å². The maximum atomic E-state index is 13.1. The van der Waals surface area contributed by atoms with E-state index < -0.39 is 0 Å². The van der Waals surface area contributed by atoms with Crippen LogP contribution in [0.1, 0.15) is 90.0 Å². The smallest absolute Gasteiger partial charge is 0.225 e.